The van der Waals surface area contributed by atoms with E-state index in [-0.39, 0.29) is 11.0 Å². The highest BCUT2D eigenvalue weighted by atomic mass is 32.2. The number of alkyl halides is 3. The van der Waals surface area contributed by atoms with Gasteiger partial charge in [-0.05, 0) is 12.8 Å². The molecule has 0 bridgehead atoms. The SMILES string of the molecule is NC(=NO)C(CSC1CCCCC1)C(F)(F)F. The number of rotatable bonds is 4. The Bertz CT molecular complexity index is 265. The highest BCUT2D eigenvalue weighted by Gasteiger charge is 2.43. The molecule has 1 aliphatic rings. The first kappa shape index (κ1) is 14.5. The van der Waals surface area contributed by atoms with Crippen LogP contribution in [0.25, 0.3) is 0 Å². The van der Waals surface area contributed by atoms with E-state index < -0.39 is 17.9 Å². The molecule has 3 nitrogen and oxygen atoms in total. The zero-order valence-electron chi connectivity index (χ0n) is 9.41. The fourth-order valence-corrected chi connectivity index (χ4v) is 3.37. The first-order valence-corrected chi connectivity index (χ1v) is 6.65. The van der Waals surface area contributed by atoms with E-state index in [1.807, 2.05) is 0 Å². The van der Waals surface area contributed by atoms with Crippen LogP contribution in [0.2, 0.25) is 0 Å². The third kappa shape index (κ3) is 4.65. The van der Waals surface area contributed by atoms with Gasteiger partial charge in [0, 0.05) is 11.0 Å². The molecule has 0 aliphatic heterocycles. The van der Waals surface area contributed by atoms with Gasteiger partial charge < -0.3 is 10.9 Å². The Kier molecular flexibility index (Phi) is 5.42. The second-order valence-electron chi connectivity index (χ2n) is 4.21. The molecule has 7 heteroatoms. The van der Waals surface area contributed by atoms with Crippen molar-refractivity contribution in [1.29, 1.82) is 0 Å². The molecule has 0 amide bonds. The van der Waals surface area contributed by atoms with E-state index in [2.05, 4.69) is 5.16 Å². The van der Waals surface area contributed by atoms with Crippen LogP contribution in [0.1, 0.15) is 32.1 Å². The molecule has 1 unspecified atom stereocenters. The van der Waals surface area contributed by atoms with Crippen molar-refractivity contribution in [1.82, 2.24) is 0 Å². The van der Waals surface area contributed by atoms with Crippen molar-refractivity contribution in [2.45, 2.75) is 43.5 Å². The Labute approximate surface area is 103 Å². The summed E-state index contributed by atoms with van der Waals surface area (Å²) in [4.78, 5) is 0. The van der Waals surface area contributed by atoms with E-state index in [4.69, 9.17) is 10.9 Å². The average Bonchev–Trinajstić information content (AvgIpc) is 2.28. The van der Waals surface area contributed by atoms with Crippen molar-refractivity contribution < 1.29 is 18.4 Å². The van der Waals surface area contributed by atoms with Gasteiger partial charge in [0.25, 0.3) is 0 Å². The van der Waals surface area contributed by atoms with Crippen LogP contribution >= 0.6 is 11.8 Å². The Morgan fingerprint density at radius 3 is 2.41 bits per heavy atom. The molecule has 0 aromatic heterocycles. The van der Waals surface area contributed by atoms with Crippen molar-refractivity contribution in [2.75, 3.05) is 5.75 Å². The zero-order valence-corrected chi connectivity index (χ0v) is 10.2. The largest absolute Gasteiger partial charge is 0.409 e. The van der Waals surface area contributed by atoms with Crippen LogP contribution in [0.4, 0.5) is 13.2 Å². The third-order valence-corrected chi connectivity index (χ3v) is 4.39. The summed E-state index contributed by atoms with van der Waals surface area (Å²) < 4.78 is 37.9. The van der Waals surface area contributed by atoms with Gasteiger partial charge in [-0.2, -0.15) is 24.9 Å². The number of thioether (sulfide) groups is 1. The van der Waals surface area contributed by atoms with Crippen LogP contribution in [-0.4, -0.2) is 28.2 Å². The number of amidine groups is 1. The maximum Gasteiger partial charge on any atom is 0.399 e. The summed E-state index contributed by atoms with van der Waals surface area (Å²) in [5.41, 5.74) is 5.09. The second-order valence-corrected chi connectivity index (χ2v) is 5.55. The number of hydrogen-bond donors (Lipinski definition) is 2. The fourth-order valence-electron chi connectivity index (χ4n) is 1.88. The highest BCUT2D eigenvalue weighted by Crippen LogP contribution is 2.34. The highest BCUT2D eigenvalue weighted by molar-refractivity contribution is 7.99. The molecule has 1 fully saturated rings. The number of nitrogens with two attached hydrogens (primary N) is 1. The molecule has 0 saturated heterocycles. The fraction of sp³-hybridized carbons (Fsp3) is 0.900. The van der Waals surface area contributed by atoms with Gasteiger partial charge in [0.15, 0.2) is 5.84 Å². The molecule has 1 aliphatic carbocycles. The minimum atomic E-state index is -4.45. The van der Waals surface area contributed by atoms with Crippen LogP contribution in [0.3, 0.4) is 0 Å². The second kappa shape index (κ2) is 6.37. The Morgan fingerprint density at radius 2 is 1.94 bits per heavy atom. The summed E-state index contributed by atoms with van der Waals surface area (Å²) >= 11 is 1.28. The zero-order chi connectivity index (χ0) is 12.9. The standard InChI is InChI=1S/C10H17F3N2OS/c11-10(12,13)8(9(14)15-16)6-17-7-4-2-1-3-5-7/h7-8,16H,1-6H2,(H2,14,15). The van der Waals surface area contributed by atoms with Gasteiger partial charge in [0.05, 0.1) is 0 Å². The van der Waals surface area contributed by atoms with E-state index in [1.54, 1.807) is 0 Å². The van der Waals surface area contributed by atoms with Crippen molar-refractivity contribution in [2.24, 2.45) is 16.8 Å². The molecule has 0 aromatic rings. The summed E-state index contributed by atoms with van der Waals surface area (Å²) in [5.74, 6) is -2.76. The van der Waals surface area contributed by atoms with Gasteiger partial charge in [-0.1, -0.05) is 24.4 Å². The first-order valence-electron chi connectivity index (χ1n) is 5.61. The third-order valence-electron chi connectivity index (χ3n) is 2.92. The minimum absolute atomic E-state index is 0.163. The van der Waals surface area contributed by atoms with Crippen molar-refractivity contribution >= 4 is 17.6 Å². The van der Waals surface area contributed by atoms with Crippen LogP contribution < -0.4 is 5.73 Å². The summed E-state index contributed by atoms with van der Waals surface area (Å²) in [7, 11) is 0. The van der Waals surface area contributed by atoms with Gasteiger partial charge in [-0.15, -0.1) is 0 Å². The van der Waals surface area contributed by atoms with Crippen molar-refractivity contribution in [3.8, 4) is 0 Å². The predicted octanol–water partition coefficient (Wildman–Crippen LogP) is 2.98. The van der Waals surface area contributed by atoms with Crippen molar-refractivity contribution in [3.05, 3.63) is 0 Å². The molecule has 17 heavy (non-hydrogen) atoms. The van der Waals surface area contributed by atoms with E-state index in [0.29, 0.717) is 0 Å². The summed E-state index contributed by atoms with van der Waals surface area (Å²) in [6, 6.07) is 0. The first-order chi connectivity index (χ1) is 7.95. The van der Waals surface area contributed by atoms with Crippen LogP contribution in [0.5, 0.6) is 0 Å². The van der Waals surface area contributed by atoms with E-state index in [0.717, 1.165) is 25.7 Å². The summed E-state index contributed by atoms with van der Waals surface area (Å²) in [6.07, 6.45) is 0.810. The molecule has 1 atom stereocenters. The van der Waals surface area contributed by atoms with Crippen molar-refractivity contribution in [3.63, 3.8) is 0 Å². The van der Waals surface area contributed by atoms with Gasteiger partial charge in [0.2, 0.25) is 0 Å². The molecule has 0 heterocycles. The Hall–Kier alpha value is -0.590. The van der Waals surface area contributed by atoms with Gasteiger partial charge in [-0.25, -0.2) is 0 Å². The monoisotopic (exact) mass is 270 g/mol. The molecule has 0 spiro atoms. The maximum absolute atomic E-state index is 12.6. The predicted molar refractivity (Wildman–Crippen MR) is 62.3 cm³/mol. The molecule has 0 radical (unpaired) electrons. The molecule has 1 rings (SSSR count). The van der Waals surface area contributed by atoms with Crippen LogP contribution in [0, 0.1) is 5.92 Å². The molecular weight excluding hydrogens is 253 g/mol. The minimum Gasteiger partial charge on any atom is -0.409 e. The lowest BCUT2D eigenvalue weighted by Gasteiger charge is -2.24. The lowest BCUT2D eigenvalue weighted by Crippen LogP contribution is -2.38. The summed E-state index contributed by atoms with van der Waals surface area (Å²) in [6.45, 7) is 0. The molecule has 1 saturated carbocycles. The van der Waals surface area contributed by atoms with Gasteiger partial charge in [0.1, 0.15) is 5.92 Å². The number of oxime groups is 1. The number of hydrogen-bond acceptors (Lipinski definition) is 3. The van der Waals surface area contributed by atoms with E-state index in [9.17, 15) is 13.2 Å². The normalized spacial score (nSPS) is 21.5. The molecular formula is C10H17F3N2OS. The maximum atomic E-state index is 12.6. The summed E-state index contributed by atoms with van der Waals surface area (Å²) in [5, 5.41) is 11.1. The molecule has 100 valence electrons. The average molecular weight is 270 g/mol. The topological polar surface area (TPSA) is 58.6 Å². The quantitative estimate of drug-likeness (QED) is 0.357. The number of nitrogens with zero attached hydrogens (tertiary/aromatic N) is 1. The molecule has 0 aromatic carbocycles. The van der Waals surface area contributed by atoms with Crippen LogP contribution in [-0.2, 0) is 0 Å². The lowest BCUT2D eigenvalue weighted by atomic mass is 10.0. The van der Waals surface area contributed by atoms with E-state index >= 15 is 0 Å². The van der Waals surface area contributed by atoms with E-state index in [1.165, 1.54) is 18.2 Å². The van der Waals surface area contributed by atoms with Crippen LogP contribution in [0.15, 0.2) is 5.16 Å². The number of halogens is 3. The lowest BCUT2D eigenvalue weighted by molar-refractivity contribution is -0.150. The van der Waals surface area contributed by atoms with Gasteiger partial charge >= 0.3 is 6.18 Å². The smallest absolute Gasteiger partial charge is 0.399 e. The van der Waals surface area contributed by atoms with Gasteiger partial charge in [-0.3, -0.25) is 0 Å². The Morgan fingerprint density at radius 1 is 1.35 bits per heavy atom. The Balaban J connectivity index is 2.49. The molecule has 3 N–H and O–H groups in total.